The van der Waals surface area contributed by atoms with Crippen molar-refractivity contribution < 1.29 is 8.78 Å². The van der Waals surface area contributed by atoms with Crippen LogP contribution in [0.1, 0.15) is 24.0 Å². The summed E-state index contributed by atoms with van der Waals surface area (Å²) in [4.78, 5) is 17.1. The molecule has 0 fully saturated rings. The van der Waals surface area contributed by atoms with E-state index in [0.717, 1.165) is 29.0 Å². The highest BCUT2D eigenvalue weighted by Crippen LogP contribution is 2.34. The van der Waals surface area contributed by atoms with Crippen LogP contribution in [0.5, 0.6) is 0 Å². The van der Waals surface area contributed by atoms with Gasteiger partial charge in [-0.05, 0) is 74.4 Å². The van der Waals surface area contributed by atoms with Crippen LogP contribution in [0.25, 0.3) is 38.8 Å². The number of rotatable bonds is 3. The Kier molecular flexibility index (Phi) is 5.32. The van der Waals surface area contributed by atoms with Gasteiger partial charge < -0.3 is 5.73 Å². The first-order valence-corrected chi connectivity index (χ1v) is 10.8. The average Bonchev–Trinajstić information content (AvgIpc) is 3.15. The standard InChI is InChI=1S/C26H21F2N7/c1-13-10-16(6-8-31-13)17-11-18(26(30)33-14(2)29)24-22(12-17)35(15(3)34-24)21-7-9-32-25-20(28)5-4-19(27)23(21)25/h4-12H,1-3H3,(H3,29,30,33). The van der Waals surface area contributed by atoms with Gasteiger partial charge in [0.05, 0.1) is 22.4 Å². The van der Waals surface area contributed by atoms with Gasteiger partial charge in [0.25, 0.3) is 0 Å². The summed E-state index contributed by atoms with van der Waals surface area (Å²) in [5, 5.41) is 8.62. The molecule has 5 aromatic rings. The molecule has 0 atom stereocenters. The molecule has 0 aliphatic carbocycles. The summed E-state index contributed by atoms with van der Waals surface area (Å²) >= 11 is 0. The third-order valence-electron chi connectivity index (χ3n) is 5.71. The molecule has 0 bridgehead atoms. The van der Waals surface area contributed by atoms with Crippen molar-refractivity contribution >= 4 is 33.6 Å². The number of nitrogens with zero attached hydrogens (tertiary/aromatic N) is 5. The number of amidine groups is 2. The molecular weight excluding hydrogens is 448 g/mol. The van der Waals surface area contributed by atoms with Crippen molar-refractivity contribution in [3.05, 3.63) is 83.6 Å². The van der Waals surface area contributed by atoms with E-state index in [1.807, 2.05) is 31.2 Å². The summed E-state index contributed by atoms with van der Waals surface area (Å²) < 4.78 is 31.2. The highest BCUT2D eigenvalue weighted by molar-refractivity contribution is 6.12. The lowest BCUT2D eigenvalue weighted by Crippen LogP contribution is -2.10. The molecule has 0 aliphatic rings. The molecular formula is C26H21F2N7. The highest BCUT2D eigenvalue weighted by Gasteiger charge is 2.21. The van der Waals surface area contributed by atoms with Crippen LogP contribution in [0.4, 0.5) is 8.78 Å². The van der Waals surface area contributed by atoms with Gasteiger partial charge in [-0.25, -0.2) is 18.8 Å². The number of aryl methyl sites for hydroxylation is 2. The molecule has 0 spiro atoms. The van der Waals surface area contributed by atoms with Crippen molar-refractivity contribution in [3.63, 3.8) is 0 Å². The topological polar surface area (TPSA) is 106 Å². The van der Waals surface area contributed by atoms with Gasteiger partial charge in [-0.3, -0.25) is 19.9 Å². The van der Waals surface area contributed by atoms with Crippen molar-refractivity contribution in [2.75, 3.05) is 0 Å². The maximum absolute atomic E-state index is 15.0. The first-order valence-electron chi connectivity index (χ1n) is 10.8. The number of nitrogens with two attached hydrogens (primary N) is 1. The molecule has 0 amide bonds. The van der Waals surface area contributed by atoms with E-state index in [-0.39, 0.29) is 22.6 Å². The molecule has 0 aliphatic heterocycles. The molecule has 174 valence electrons. The van der Waals surface area contributed by atoms with E-state index in [1.54, 1.807) is 30.7 Å². The molecule has 5 rings (SSSR count). The number of halogens is 2. The number of hydrogen-bond donors (Lipinski definition) is 2. The zero-order chi connectivity index (χ0) is 24.9. The molecule has 0 radical (unpaired) electrons. The molecule has 3 aromatic heterocycles. The normalized spacial score (nSPS) is 12.0. The van der Waals surface area contributed by atoms with Gasteiger partial charge in [-0.2, -0.15) is 0 Å². The van der Waals surface area contributed by atoms with E-state index in [4.69, 9.17) is 16.1 Å². The first kappa shape index (κ1) is 22.3. The Morgan fingerprint density at radius 3 is 2.43 bits per heavy atom. The SMILES string of the molecule is CC(N)=NC(=N)c1cc(-c2ccnc(C)c2)cc2c1nc(C)n2-c1ccnc2c(F)ccc(F)c12. The van der Waals surface area contributed by atoms with Crippen LogP contribution in [-0.4, -0.2) is 31.2 Å². The van der Waals surface area contributed by atoms with Gasteiger partial charge in [0.15, 0.2) is 5.84 Å². The van der Waals surface area contributed by atoms with E-state index in [0.29, 0.717) is 28.1 Å². The number of aliphatic imine (C=N–C) groups is 1. The van der Waals surface area contributed by atoms with Crippen molar-refractivity contribution in [1.82, 2.24) is 19.5 Å². The molecule has 7 nitrogen and oxygen atoms in total. The second kappa shape index (κ2) is 8.35. The molecule has 35 heavy (non-hydrogen) atoms. The van der Waals surface area contributed by atoms with Crippen molar-refractivity contribution in [2.45, 2.75) is 20.8 Å². The van der Waals surface area contributed by atoms with Crippen LogP contribution < -0.4 is 5.73 Å². The maximum atomic E-state index is 15.0. The largest absolute Gasteiger partial charge is 0.387 e. The van der Waals surface area contributed by atoms with Gasteiger partial charge in [-0.1, -0.05) is 0 Å². The van der Waals surface area contributed by atoms with Crippen LogP contribution in [0.3, 0.4) is 0 Å². The number of hydrogen-bond acceptors (Lipinski definition) is 4. The second-order valence-corrected chi connectivity index (χ2v) is 8.26. The molecule has 3 N–H and O–H groups in total. The smallest absolute Gasteiger partial charge is 0.156 e. The molecule has 0 saturated heterocycles. The quantitative estimate of drug-likeness (QED) is 0.279. The number of benzene rings is 2. The van der Waals surface area contributed by atoms with Crippen LogP contribution in [0, 0.1) is 30.9 Å². The molecule has 0 saturated carbocycles. The minimum absolute atomic E-state index is 0.0486. The van der Waals surface area contributed by atoms with Gasteiger partial charge in [-0.15, -0.1) is 0 Å². The summed E-state index contributed by atoms with van der Waals surface area (Å²) in [7, 11) is 0. The van der Waals surface area contributed by atoms with E-state index in [2.05, 4.69) is 15.0 Å². The number of pyridine rings is 2. The van der Waals surface area contributed by atoms with Gasteiger partial charge in [0, 0.05) is 23.7 Å². The van der Waals surface area contributed by atoms with Crippen LogP contribution >= 0.6 is 0 Å². The van der Waals surface area contributed by atoms with E-state index >= 15 is 0 Å². The first-order chi connectivity index (χ1) is 16.7. The average molecular weight is 469 g/mol. The Bertz CT molecular complexity index is 1680. The highest BCUT2D eigenvalue weighted by atomic mass is 19.1. The number of imidazole rings is 1. The predicted octanol–water partition coefficient (Wildman–Crippen LogP) is 5.23. The van der Waals surface area contributed by atoms with Crippen molar-refractivity contribution in [2.24, 2.45) is 10.7 Å². The molecule has 9 heteroatoms. The van der Waals surface area contributed by atoms with E-state index in [9.17, 15) is 8.78 Å². The Balaban J connectivity index is 1.90. The zero-order valence-electron chi connectivity index (χ0n) is 19.3. The maximum Gasteiger partial charge on any atom is 0.156 e. The Morgan fingerprint density at radius 1 is 0.943 bits per heavy atom. The lowest BCUT2D eigenvalue weighted by Gasteiger charge is -2.13. The fourth-order valence-corrected chi connectivity index (χ4v) is 4.27. The lowest BCUT2D eigenvalue weighted by molar-refractivity contribution is 0.615. The fourth-order valence-electron chi connectivity index (χ4n) is 4.27. The number of nitrogens with one attached hydrogen (secondary N) is 1. The van der Waals surface area contributed by atoms with Gasteiger partial charge in [0.1, 0.15) is 28.5 Å². The van der Waals surface area contributed by atoms with Crippen LogP contribution in [0.15, 0.2) is 59.9 Å². The third-order valence-corrected chi connectivity index (χ3v) is 5.71. The van der Waals surface area contributed by atoms with Gasteiger partial charge >= 0.3 is 0 Å². The summed E-state index contributed by atoms with van der Waals surface area (Å²) in [5.74, 6) is -0.496. The minimum Gasteiger partial charge on any atom is -0.387 e. The Labute approximate surface area is 199 Å². The third kappa shape index (κ3) is 3.80. The summed E-state index contributed by atoms with van der Waals surface area (Å²) in [6.45, 7) is 5.26. The minimum atomic E-state index is -0.617. The Hall–Kier alpha value is -4.53. The Morgan fingerprint density at radius 2 is 1.69 bits per heavy atom. The van der Waals surface area contributed by atoms with E-state index in [1.165, 1.54) is 6.20 Å². The summed E-state index contributed by atoms with van der Waals surface area (Å²) in [6, 6.07) is 11.3. The summed E-state index contributed by atoms with van der Waals surface area (Å²) in [5.41, 5.74) is 10.1. The second-order valence-electron chi connectivity index (χ2n) is 8.26. The molecule has 0 unspecified atom stereocenters. The monoisotopic (exact) mass is 469 g/mol. The number of fused-ring (bicyclic) bond motifs is 2. The zero-order valence-corrected chi connectivity index (χ0v) is 19.3. The summed E-state index contributed by atoms with van der Waals surface area (Å²) in [6.07, 6.45) is 3.14. The molecule has 2 aromatic carbocycles. The van der Waals surface area contributed by atoms with Crippen LogP contribution in [-0.2, 0) is 0 Å². The van der Waals surface area contributed by atoms with Crippen LogP contribution in [0.2, 0.25) is 0 Å². The number of aromatic nitrogens is 4. The molecule has 3 heterocycles. The van der Waals surface area contributed by atoms with Crippen molar-refractivity contribution in [3.8, 4) is 16.8 Å². The fraction of sp³-hybridized carbons (Fsp3) is 0.115. The lowest BCUT2D eigenvalue weighted by atomic mass is 10.0. The predicted molar refractivity (Wildman–Crippen MR) is 133 cm³/mol. The van der Waals surface area contributed by atoms with Gasteiger partial charge in [0.2, 0.25) is 0 Å². The van der Waals surface area contributed by atoms with E-state index < -0.39 is 11.6 Å². The van der Waals surface area contributed by atoms with Crippen molar-refractivity contribution in [1.29, 1.82) is 5.41 Å².